The molecule has 0 aromatic heterocycles. The molecule has 0 heterocycles. The third kappa shape index (κ3) is 7.89. The average Bonchev–Trinajstić information content (AvgIpc) is 2.53. The molecule has 3 amide bonds. The van der Waals surface area contributed by atoms with E-state index in [9.17, 15) is 9.59 Å². The summed E-state index contributed by atoms with van der Waals surface area (Å²) in [6.07, 6.45) is 1.42. The van der Waals surface area contributed by atoms with Gasteiger partial charge in [0.25, 0.3) is 0 Å². The van der Waals surface area contributed by atoms with Crippen LogP contribution in [0.15, 0.2) is 18.2 Å². The van der Waals surface area contributed by atoms with Crippen LogP contribution >= 0.6 is 0 Å². The van der Waals surface area contributed by atoms with Crippen LogP contribution < -0.4 is 15.5 Å². The van der Waals surface area contributed by atoms with E-state index in [2.05, 4.69) is 38.3 Å². The quantitative estimate of drug-likeness (QED) is 0.719. The van der Waals surface area contributed by atoms with Crippen LogP contribution in [0.5, 0.6) is 0 Å². The molecule has 6 nitrogen and oxygen atoms in total. The van der Waals surface area contributed by atoms with Gasteiger partial charge in [-0.25, -0.2) is 4.79 Å². The molecule has 0 atom stereocenters. The second-order valence-electron chi connectivity index (χ2n) is 8.28. The van der Waals surface area contributed by atoms with E-state index >= 15 is 0 Å². The predicted octanol–water partition coefficient (Wildman–Crippen LogP) is 4.07. The second kappa shape index (κ2) is 10.2. The van der Waals surface area contributed by atoms with Gasteiger partial charge in [0.05, 0.1) is 0 Å². The van der Waals surface area contributed by atoms with Crippen molar-refractivity contribution in [2.75, 3.05) is 37.4 Å². The van der Waals surface area contributed by atoms with Crippen molar-refractivity contribution in [3.05, 3.63) is 23.8 Å². The molecule has 2 N–H and O–H groups in total. The zero-order valence-electron chi connectivity index (χ0n) is 18.0. The van der Waals surface area contributed by atoms with Crippen molar-refractivity contribution in [2.45, 2.75) is 54.0 Å². The number of urea groups is 1. The van der Waals surface area contributed by atoms with E-state index < -0.39 is 0 Å². The Labute approximate surface area is 164 Å². The predicted molar refractivity (Wildman–Crippen MR) is 113 cm³/mol. The van der Waals surface area contributed by atoms with Crippen molar-refractivity contribution < 1.29 is 9.59 Å². The smallest absolute Gasteiger partial charge is 0.319 e. The van der Waals surface area contributed by atoms with Crippen LogP contribution in [0.25, 0.3) is 0 Å². The van der Waals surface area contributed by atoms with Gasteiger partial charge >= 0.3 is 6.03 Å². The number of anilines is 2. The minimum atomic E-state index is -0.227. The van der Waals surface area contributed by atoms with Crippen LogP contribution in [-0.4, -0.2) is 44.0 Å². The lowest BCUT2D eigenvalue weighted by atomic mass is 9.91. The van der Waals surface area contributed by atoms with Crippen molar-refractivity contribution in [3.8, 4) is 0 Å². The van der Waals surface area contributed by atoms with Crippen LogP contribution in [0, 0.1) is 5.41 Å². The van der Waals surface area contributed by atoms with E-state index in [0.29, 0.717) is 19.5 Å². The van der Waals surface area contributed by atoms with Crippen molar-refractivity contribution in [3.63, 3.8) is 0 Å². The fraction of sp³-hybridized carbons (Fsp3) is 0.619. The van der Waals surface area contributed by atoms with Gasteiger partial charge in [-0.05, 0) is 42.5 Å². The zero-order chi connectivity index (χ0) is 20.6. The molecule has 0 spiro atoms. The highest BCUT2D eigenvalue weighted by atomic mass is 16.2. The number of nitrogens with one attached hydrogen (secondary N) is 2. The Balaban J connectivity index is 3.10. The zero-order valence-corrected chi connectivity index (χ0v) is 18.0. The van der Waals surface area contributed by atoms with E-state index in [0.717, 1.165) is 29.9 Å². The Kier molecular flexibility index (Phi) is 8.60. The first-order valence-electron chi connectivity index (χ1n) is 9.70. The van der Waals surface area contributed by atoms with Crippen LogP contribution in [0.4, 0.5) is 16.2 Å². The lowest BCUT2D eigenvalue weighted by Crippen LogP contribution is -2.34. The lowest BCUT2D eigenvalue weighted by molar-refractivity contribution is -0.133. The normalized spacial score (nSPS) is 11.1. The van der Waals surface area contributed by atoms with Crippen LogP contribution in [0.1, 0.15) is 53.0 Å². The standard InChI is InChI=1S/C21H36N4O2/c1-8-12-25(19(26)14-21(3,4)5)15-16-13-17(23-20(27)22-9-2)10-11-18(16)24(6)7/h10-11,13H,8-9,12,14-15H2,1-7H3,(H2,22,23,27). The molecule has 27 heavy (non-hydrogen) atoms. The number of rotatable bonds is 8. The van der Waals surface area contributed by atoms with E-state index in [1.807, 2.05) is 49.0 Å². The van der Waals surface area contributed by atoms with Gasteiger partial charge in [0, 0.05) is 51.5 Å². The van der Waals surface area contributed by atoms with E-state index in [-0.39, 0.29) is 17.4 Å². The number of hydrogen-bond acceptors (Lipinski definition) is 3. The molecule has 0 radical (unpaired) electrons. The van der Waals surface area contributed by atoms with E-state index in [1.165, 1.54) is 0 Å². The fourth-order valence-electron chi connectivity index (χ4n) is 2.89. The molecule has 1 rings (SSSR count). The SMILES string of the molecule is CCCN(Cc1cc(NC(=O)NCC)ccc1N(C)C)C(=O)CC(C)(C)C. The Morgan fingerprint density at radius 3 is 2.30 bits per heavy atom. The molecule has 0 saturated heterocycles. The van der Waals surface area contributed by atoms with E-state index in [4.69, 9.17) is 0 Å². The van der Waals surface area contributed by atoms with Crippen LogP contribution in [0.3, 0.4) is 0 Å². The first kappa shape index (κ1) is 22.8. The third-order valence-corrected chi connectivity index (χ3v) is 4.05. The first-order chi connectivity index (χ1) is 12.6. The third-order valence-electron chi connectivity index (χ3n) is 4.05. The molecular formula is C21H36N4O2. The summed E-state index contributed by atoms with van der Waals surface area (Å²) in [5.74, 6) is 0.163. The van der Waals surface area contributed by atoms with Crippen molar-refractivity contribution in [2.24, 2.45) is 5.41 Å². The average molecular weight is 377 g/mol. The second-order valence-corrected chi connectivity index (χ2v) is 8.28. The Morgan fingerprint density at radius 1 is 1.11 bits per heavy atom. The van der Waals surface area contributed by atoms with Gasteiger partial charge in [0.15, 0.2) is 0 Å². The molecule has 0 aliphatic heterocycles. The maximum Gasteiger partial charge on any atom is 0.319 e. The van der Waals surface area contributed by atoms with Crippen molar-refractivity contribution in [1.29, 1.82) is 0 Å². The summed E-state index contributed by atoms with van der Waals surface area (Å²) in [4.78, 5) is 28.6. The van der Waals surface area contributed by atoms with Gasteiger partial charge in [-0.15, -0.1) is 0 Å². The largest absolute Gasteiger partial charge is 0.377 e. The number of hydrogen-bond donors (Lipinski definition) is 2. The molecule has 0 saturated carbocycles. The number of amides is 3. The summed E-state index contributed by atoms with van der Waals surface area (Å²) in [5, 5.41) is 5.58. The summed E-state index contributed by atoms with van der Waals surface area (Å²) in [7, 11) is 3.97. The molecule has 6 heteroatoms. The molecule has 152 valence electrons. The number of carbonyl (C=O) groups is 2. The minimum absolute atomic E-state index is 0.0465. The molecule has 1 aromatic carbocycles. The highest BCUT2D eigenvalue weighted by molar-refractivity contribution is 5.89. The number of nitrogens with zero attached hydrogens (tertiary/aromatic N) is 2. The topological polar surface area (TPSA) is 64.7 Å². The Morgan fingerprint density at radius 2 is 1.78 bits per heavy atom. The Hall–Kier alpha value is -2.24. The van der Waals surface area contributed by atoms with E-state index in [1.54, 1.807) is 0 Å². The first-order valence-corrected chi connectivity index (χ1v) is 9.70. The van der Waals surface area contributed by atoms with Gasteiger partial charge in [-0.1, -0.05) is 27.7 Å². The maximum atomic E-state index is 12.8. The van der Waals surface area contributed by atoms with Crippen LogP contribution in [-0.2, 0) is 11.3 Å². The van der Waals surface area contributed by atoms with Crippen molar-refractivity contribution in [1.82, 2.24) is 10.2 Å². The lowest BCUT2D eigenvalue weighted by Gasteiger charge is -2.28. The van der Waals surface area contributed by atoms with Gasteiger partial charge in [-0.3, -0.25) is 4.79 Å². The summed E-state index contributed by atoms with van der Waals surface area (Å²) >= 11 is 0. The fourth-order valence-corrected chi connectivity index (χ4v) is 2.89. The monoisotopic (exact) mass is 376 g/mol. The van der Waals surface area contributed by atoms with Gasteiger partial charge in [0.1, 0.15) is 0 Å². The molecule has 0 fully saturated rings. The highest BCUT2D eigenvalue weighted by Gasteiger charge is 2.22. The molecule has 0 aliphatic carbocycles. The molecule has 0 aliphatic rings. The molecule has 0 unspecified atom stereocenters. The van der Waals surface area contributed by atoms with Gasteiger partial charge < -0.3 is 20.4 Å². The number of carbonyl (C=O) groups excluding carboxylic acids is 2. The molecular weight excluding hydrogens is 340 g/mol. The summed E-state index contributed by atoms with van der Waals surface area (Å²) in [6, 6.07) is 5.59. The molecule has 1 aromatic rings. The van der Waals surface area contributed by atoms with Crippen LogP contribution in [0.2, 0.25) is 0 Å². The van der Waals surface area contributed by atoms with Gasteiger partial charge in [-0.2, -0.15) is 0 Å². The summed E-state index contributed by atoms with van der Waals surface area (Å²) in [6.45, 7) is 12.0. The molecule has 0 bridgehead atoms. The van der Waals surface area contributed by atoms with Gasteiger partial charge in [0.2, 0.25) is 5.91 Å². The highest BCUT2D eigenvalue weighted by Crippen LogP contribution is 2.26. The summed E-state index contributed by atoms with van der Waals surface area (Å²) in [5.41, 5.74) is 2.74. The Bertz CT molecular complexity index is 636. The maximum absolute atomic E-state index is 12.8. The van der Waals surface area contributed by atoms with Crippen molar-refractivity contribution >= 4 is 23.3 Å². The number of benzene rings is 1. The minimum Gasteiger partial charge on any atom is -0.377 e. The summed E-state index contributed by atoms with van der Waals surface area (Å²) < 4.78 is 0.